The summed E-state index contributed by atoms with van der Waals surface area (Å²) in [5.41, 5.74) is 1.01. The highest BCUT2D eigenvalue weighted by Crippen LogP contribution is 2.11. The Balaban J connectivity index is 2.06. The lowest BCUT2D eigenvalue weighted by atomic mass is 10.1. The second-order valence-electron chi connectivity index (χ2n) is 3.61. The second kappa shape index (κ2) is 4.21. The Morgan fingerprint density at radius 1 is 1.27 bits per heavy atom. The molecule has 1 saturated heterocycles. The van der Waals surface area contributed by atoms with Gasteiger partial charge in [0.1, 0.15) is 0 Å². The Hall–Kier alpha value is -1.71. The average Bonchev–Trinajstić information content (AvgIpc) is 2.26. The zero-order valence-corrected chi connectivity index (χ0v) is 8.35. The summed E-state index contributed by atoms with van der Waals surface area (Å²) in [5, 5.41) is 0. The number of aromatic nitrogens is 1. The lowest BCUT2D eigenvalue weighted by Gasteiger charge is -2.25. The number of ketones is 1. The van der Waals surface area contributed by atoms with E-state index >= 15 is 0 Å². The third-order valence-electron chi connectivity index (χ3n) is 2.48. The molecule has 78 valence electrons. The minimum absolute atomic E-state index is 0.268. The molecule has 0 spiro atoms. The van der Waals surface area contributed by atoms with Crippen molar-refractivity contribution in [1.29, 1.82) is 0 Å². The van der Waals surface area contributed by atoms with E-state index in [2.05, 4.69) is 4.98 Å². The van der Waals surface area contributed by atoms with Gasteiger partial charge in [-0.2, -0.15) is 0 Å². The maximum Gasteiger partial charge on any atom is 0.290 e. The van der Waals surface area contributed by atoms with Crippen molar-refractivity contribution in [2.24, 2.45) is 0 Å². The average molecular weight is 204 g/mol. The van der Waals surface area contributed by atoms with Crippen LogP contribution in [-0.4, -0.2) is 28.1 Å². The number of likely N-dealkylation sites (tertiary alicyclic amines) is 1. The van der Waals surface area contributed by atoms with Crippen molar-refractivity contribution in [1.82, 2.24) is 9.88 Å². The molecule has 0 bridgehead atoms. The number of amides is 1. The molecule has 2 rings (SSSR count). The number of hydrogen-bond donors (Lipinski definition) is 0. The van der Waals surface area contributed by atoms with E-state index in [9.17, 15) is 9.59 Å². The van der Waals surface area contributed by atoms with Crippen LogP contribution in [0.4, 0.5) is 0 Å². The molecule has 4 heteroatoms. The molecular weight excluding hydrogens is 192 g/mol. The zero-order chi connectivity index (χ0) is 10.7. The van der Waals surface area contributed by atoms with E-state index in [4.69, 9.17) is 0 Å². The number of rotatable bonds is 2. The summed E-state index contributed by atoms with van der Waals surface area (Å²) >= 11 is 0. The van der Waals surface area contributed by atoms with Gasteiger partial charge in [0.25, 0.3) is 5.91 Å². The molecule has 0 atom stereocenters. The summed E-state index contributed by atoms with van der Waals surface area (Å²) in [7, 11) is 0. The Labute approximate surface area is 87.9 Å². The van der Waals surface area contributed by atoms with Crippen molar-refractivity contribution in [2.75, 3.05) is 6.54 Å². The molecule has 1 aromatic heterocycles. The van der Waals surface area contributed by atoms with E-state index in [1.807, 2.05) is 12.1 Å². The van der Waals surface area contributed by atoms with Gasteiger partial charge in [-0.3, -0.25) is 14.6 Å². The normalized spacial score (nSPS) is 16.9. The fourth-order valence-electron chi connectivity index (χ4n) is 1.67. The van der Waals surface area contributed by atoms with E-state index in [1.165, 1.54) is 0 Å². The van der Waals surface area contributed by atoms with Gasteiger partial charge in [0.15, 0.2) is 0 Å². The molecular formula is C11H12N2O2. The van der Waals surface area contributed by atoms with Crippen LogP contribution in [0, 0.1) is 0 Å². The first kappa shape index (κ1) is 9.83. The molecule has 2 heterocycles. The van der Waals surface area contributed by atoms with Crippen molar-refractivity contribution in [3.63, 3.8) is 0 Å². The van der Waals surface area contributed by atoms with E-state index in [0.29, 0.717) is 19.5 Å². The third kappa shape index (κ3) is 2.21. The molecule has 0 N–H and O–H groups in total. The van der Waals surface area contributed by atoms with Crippen LogP contribution in [0.1, 0.15) is 18.4 Å². The number of hydrogen-bond acceptors (Lipinski definition) is 3. The van der Waals surface area contributed by atoms with Gasteiger partial charge in [0.05, 0.1) is 0 Å². The van der Waals surface area contributed by atoms with Gasteiger partial charge >= 0.3 is 0 Å². The molecule has 1 aliphatic heterocycles. The standard InChI is InChI=1S/C11H12N2O2/c14-10-2-1-7-13(11(10)15)8-9-3-5-12-6-4-9/h3-6H,1-2,7-8H2. The van der Waals surface area contributed by atoms with Crippen molar-refractivity contribution >= 4 is 11.7 Å². The number of carbonyl (C=O) groups is 2. The SMILES string of the molecule is O=C1CCCN(Cc2ccncc2)C1=O. The van der Waals surface area contributed by atoms with Crippen molar-refractivity contribution in [2.45, 2.75) is 19.4 Å². The van der Waals surface area contributed by atoms with Crippen LogP contribution in [0.25, 0.3) is 0 Å². The molecule has 4 nitrogen and oxygen atoms in total. The summed E-state index contributed by atoms with van der Waals surface area (Å²) in [6, 6.07) is 3.71. The molecule has 1 aliphatic rings. The first-order valence-corrected chi connectivity index (χ1v) is 4.98. The first-order valence-electron chi connectivity index (χ1n) is 4.98. The van der Waals surface area contributed by atoms with Crippen LogP contribution in [0.3, 0.4) is 0 Å². The van der Waals surface area contributed by atoms with E-state index < -0.39 is 0 Å². The van der Waals surface area contributed by atoms with Gasteiger partial charge in [0, 0.05) is 31.9 Å². The number of Topliss-reactive ketones (excluding diaryl/α,β-unsaturated/α-hetero) is 1. The highest BCUT2D eigenvalue weighted by atomic mass is 16.2. The summed E-state index contributed by atoms with van der Waals surface area (Å²) in [4.78, 5) is 28.2. The predicted molar refractivity (Wildman–Crippen MR) is 53.9 cm³/mol. The minimum atomic E-state index is -0.349. The molecule has 0 radical (unpaired) electrons. The number of carbonyl (C=O) groups excluding carboxylic acids is 2. The fraction of sp³-hybridized carbons (Fsp3) is 0.364. The smallest absolute Gasteiger partial charge is 0.290 e. The maximum atomic E-state index is 11.5. The maximum absolute atomic E-state index is 11.5. The quantitative estimate of drug-likeness (QED) is 0.669. The monoisotopic (exact) mass is 204 g/mol. The van der Waals surface area contributed by atoms with Crippen LogP contribution >= 0.6 is 0 Å². The number of piperidine rings is 1. The highest BCUT2D eigenvalue weighted by molar-refractivity contribution is 6.36. The zero-order valence-electron chi connectivity index (χ0n) is 8.35. The van der Waals surface area contributed by atoms with Gasteiger partial charge in [-0.05, 0) is 24.1 Å². The molecule has 15 heavy (non-hydrogen) atoms. The Bertz CT molecular complexity index is 375. The topological polar surface area (TPSA) is 50.3 Å². The third-order valence-corrected chi connectivity index (χ3v) is 2.48. The molecule has 0 saturated carbocycles. The molecule has 0 aliphatic carbocycles. The highest BCUT2D eigenvalue weighted by Gasteiger charge is 2.25. The molecule has 1 amide bonds. The van der Waals surface area contributed by atoms with Crippen LogP contribution in [0.2, 0.25) is 0 Å². The first-order chi connectivity index (χ1) is 7.27. The second-order valence-corrected chi connectivity index (χ2v) is 3.61. The Kier molecular flexibility index (Phi) is 2.76. The van der Waals surface area contributed by atoms with Crippen LogP contribution in [-0.2, 0) is 16.1 Å². The summed E-state index contributed by atoms with van der Waals surface area (Å²) in [6.07, 6.45) is 4.54. The number of nitrogens with zero attached hydrogens (tertiary/aromatic N) is 2. The molecule has 1 fully saturated rings. The fourth-order valence-corrected chi connectivity index (χ4v) is 1.67. The van der Waals surface area contributed by atoms with Gasteiger partial charge in [-0.25, -0.2) is 0 Å². The Morgan fingerprint density at radius 2 is 2.00 bits per heavy atom. The van der Waals surface area contributed by atoms with Crippen LogP contribution in [0.5, 0.6) is 0 Å². The molecule has 0 unspecified atom stereocenters. The largest absolute Gasteiger partial charge is 0.332 e. The van der Waals surface area contributed by atoms with Crippen molar-refractivity contribution in [3.05, 3.63) is 30.1 Å². The molecule has 0 aromatic carbocycles. The minimum Gasteiger partial charge on any atom is -0.332 e. The lowest BCUT2D eigenvalue weighted by molar-refractivity contribution is -0.147. The van der Waals surface area contributed by atoms with Crippen molar-refractivity contribution in [3.8, 4) is 0 Å². The predicted octanol–water partition coefficient (Wildman–Crippen LogP) is 0.773. The summed E-state index contributed by atoms with van der Waals surface area (Å²) in [5.74, 6) is -0.617. The summed E-state index contributed by atoms with van der Waals surface area (Å²) in [6.45, 7) is 1.18. The summed E-state index contributed by atoms with van der Waals surface area (Å²) < 4.78 is 0. The van der Waals surface area contributed by atoms with Crippen LogP contribution in [0.15, 0.2) is 24.5 Å². The van der Waals surface area contributed by atoms with Crippen molar-refractivity contribution < 1.29 is 9.59 Å². The van der Waals surface area contributed by atoms with Crippen LogP contribution < -0.4 is 0 Å². The van der Waals surface area contributed by atoms with E-state index in [0.717, 1.165) is 12.0 Å². The van der Waals surface area contributed by atoms with Gasteiger partial charge < -0.3 is 4.90 Å². The van der Waals surface area contributed by atoms with Gasteiger partial charge in [-0.1, -0.05) is 0 Å². The van der Waals surface area contributed by atoms with E-state index in [1.54, 1.807) is 17.3 Å². The molecule has 1 aromatic rings. The van der Waals surface area contributed by atoms with E-state index in [-0.39, 0.29) is 11.7 Å². The Morgan fingerprint density at radius 3 is 2.73 bits per heavy atom. The van der Waals surface area contributed by atoms with Gasteiger partial charge in [-0.15, -0.1) is 0 Å². The van der Waals surface area contributed by atoms with Gasteiger partial charge in [0.2, 0.25) is 5.78 Å². The number of pyridine rings is 1. The lowest BCUT2D eigenvalue weighted by Crippen LogP contribution is -2.40.